The molecule has 0 saturated carbocycles. The second kappa shape index (κ2) is 7.56. The maximum Gasteiger partial charge on any atom is 0.231 e. The molecule has 0 aliphatic carbocycles. The highest BCUT2D eigenvalue weighted by atomic mass is 35.5. The SMILES string of the molecule is CC(C)(C)c1sc2ncnc(Oc3ccc(F)cc3)c2c1-c1ccc(Cl)c(Cl)c1. The molecule has 0 aliphatic rings. The Morgan fingerprint density at radius 2 is 1.69 bits per heavy atom. The topological polar surface area (TPSA) is 35.0 Å². The number of aromatic nitrogens is 2. The van der Waals surface area contributed by atoms with E-state index in [4.69, 9.17) is 27.9 Å². The first-order chi connectivity index (χ1) is 13.7. The third kappa shape index (κ3) is 3.95. The van der Waals surface area contributed by atoms with Crippen molar-refractivity contribution in [3.05, 3.63) is 69.5 Å². The first-order valence-corrected chi connectivity index (χ1v) is 10.5. The summed E-state index contributed by atoms with van der Waals surface area (Å²) >= 11 is 14.0. The molecule has 29 heavy (non-hydrogen) atoms. The first-order valence-electron chi connectivity index (χ1n) is 8.91. The van der Waals surface area contributed by atoms with Crippen LogP contribution < -0.4 is 4.74 Å². The van der Waals surface area contributed by atoms with Gasteiger partial charge in [0.25, 0.3) is 0 Å². The van der Waals surface area contributed by atoms with Gasteiger partial charge in [-0.1, -0.05) is 50.0 Å². The van der Waals surface area contributed by atoms with Crippen LogP contribution in [-0.4, -0.2) is 9.97 Å². The van der Waals surface area contributed by atoms with Gasteiger partial charge in [-0.25, -0.2) is 14.4 Å². The Morgan fingerprint density at radius 1 is 0.966 bits per heavy atom. The van der Waals surface area contributed by atoms with Crippen LogP contribution in [0.5, 0.6) is 11.6 Å². The highest BCUT2D eigenvalue weighted by molar-refractivity contribution is 7.19. The van der Waals surface area contributed by atoms with Crippen LogP contribution >= 0.6 is 34.5 Å². The van der Waals surface area contributed by atoms with Gasteiger partial charge in [-0.05, 0) is 47.4 Å². The van der Waals surface area contributed by atoms with Crippen molar-refractivity contribution in [1.82, 2.24) is 9.97 Å². The van der Waals surface area contributed by atoms with Crippen LogP contribution in [0, 0.1) is 5.82 Å². The summed E-state index contributed by atoms with van der Waals surface area (Å²) in [5.41, 5.74) is 1.74. The zero-order valence-electron chi connectivity index (χ0n) is 16.0. The number of fused-ring (bicyclic) bond motifs is 1. The predicted octanol–water partition coefficient (Wildman–Crippen LogP) is 7.89. The molecular weight excluding hydrogens is 430 g/mol. The van der Waals surface area contributed by atoms with Gasteiger partial charge in [0.2, 0.25) is 5.88 Å². The smallest absolute Gasteiger partial charge is 0.231 e. The van der Waals surface area contributed by atoms with E-state index >= 15 is 0 Å². The van der Waals surface area contributed by atoms with E-state index in [1.165, 1.54) is 18.5 Å². The lowest BCUT2D eigenvalue weighted by Gasteiger charge is -2.19. The summed E-state index contributed by atoms with van der Waals surface area (Å²) in [4.78, 5) is 10.8. The Bertz CT molecular complexity index is 1200. The Kier molecular flexibility index (Phi) is 5.23. The summed E-state index contributed by atoms with van der Waals surface area (Å²) in [5.74, 6) is 0.580. The summed E-state index contributed by atoms with van der Waals surface area (Å²) in [5, 5.41) is 1.76. The number of ether oxygens (including phenoxy) is 1. The molecule has 2 heterocycles. The molecule has 2 aromatic heterocycles. The molecule has 7 heteroatoms. The number of rotatable bonds is 3. The molecule has 4 rings (SSSR count). The van der Waals surface area contributed by atoms with Gasteiger partial charge in [-0.3, -0.25) is 0 Å². The van der Waals surface area contributed by atoms with Crippen LogP contribution in [-0.2, 0) is 5.41 Å². The molecule has 0 saturated heterocycles. The number of halogens is 3. The van der Waals surface area contributed by atoms with E-state index in [0.717, 1.165) is 26.2 Å². The molecular formula is C22H17Cl2FN2OS. The second-order valence-corrected chi connectivity index (χ2v) is 9.41. The monoisotopic (exact) mass is 446 g/mol. The van der Waals surface area contributed by atoms with E-state index in [2.05, 4.69) is 30.7 Å². The lowest BCUT2D eigenvalue weighted by atomic mass is 9.88. The van der Waals surface area contributed by atoms with Gasteiger partial charge in [0.05, 0.1) is 15.4 Å². The van der Waals surface area contributed by atoms with Crippen molar-refractivity contribution in [2.75, 3.05) is 0 Å². The minimum Gasteiger partial charge on any atom is -0.438 e. The summed E-state index contributed by atoms with van der Waals surface area (Å²) < 4.78 is 19.3. The summed E-state index contributed by atoms with van der Waals surface area (Å²) in [6, 6.07) is 11.4. The van der Waals surface area contributed by atoms with Crippen LogP contribution in [0.25, 0.3) is 21.3 Å². The number of hydrogen-bond donors (Lipinski definition) is 0. The minimum atomic E-state index is -0.327. The molecule has 0 fully saturated rings. The van der Waals surface area contributed by atoms with Crippen LogP contribution in [0.4, 0.5) is 4.39 Å². The molecule has 0 radical (unpaired) electrons. The minimum absolute atomic E-state index is 0.139. The first kappa shape index (κ1) is 20.1. The van der Waals surface area contributed by atoms with Gasteiger partial charge in [0.1, 0.15) is 22.7 Å². The van der Waals surface area contributed by atoms with Crippen LogP contribution in [0.3, 0.4) is 0 Å². The molecule has 0 N–H and O–H groups in total. The van der Waals surface area contributed by atoms with Crippen LogP contribution in [0.15, 0.2) is 48.8 Å². The Labute approximate surface area is 182 Å². The van der Waals surface area contributed by atoms with Gasteiger partial charge >= 0.3 is 0 Å². The van der Waals surface area contributed by atoms with Crippen molar-refractivity contribution in [2.24, 2.45) is 0 Å². The van der Waals surface area contributed by atoms with Crippen molar-refractivity contribution < 1.29 is 9.13 Å². The molecule has 2 aromatic carbocycles. The third-order valence-electron chi connectivity index (χ3n) is 4.37. The van der Waals surface area contributed by atoms with E-state index < -0.39 is 0 Å². The lowest BCUT2D eigenvalue weighted by molar-refractivity contribution is 0.466. The highest BCUT2D eigenvalue weighted by Crippen LogP contribution is 2.47. The van der Waals surface area contributed by atoms with E-state index in [1.807, 2.05) is 12.1 Å². The Hall–Kier alpha value is -2.21. The number of thiophene rings is 1. The van der Waals surface area contributed by atoms with Crippen molar-refractivity contribution in [3.8, 4) is 22.8 Å². The normalized spacial score (nSPS) is 11.8. The van der Waals surface area contributed by atoms with Crippen LogP contribution in [0.2, 0.25) is 10.0 Å². The van der Waals surface area contributed by atoms with E-state index in [0.29, 0.717) is 21.7 Å². The average Bonchev–Trinajstić information content (AvgIpc) is 3.07. The van der Waals surface area contributed by atoms with Gasteiger partial charge in [-0.15, -0.1) is 11.3 Å². The number of nitrogens with zero attached hydrogens (tertiary/aromatic N) is 2. The van der Waals surface area contributed by atoms with Gasteiger partial charge in [0, 0.05) is 10.4 Å². The molecule has 148 valence electrons. The zero-order chi connectivity index (χ0) is 20.8. The molecule has 0 unspecified atom stereocenters. The fraction of sp³-hybridized carbons (Fsp3) is 0.182. The molecule has 0 bridgehead atoms. The number of hydrogen-bond acceptors (Lipinski definition) is 4. The highest BCUT2D eigenvalue weighted by Gasteiger charge is 2.27. The average molecular weight is 447 g/mol. The molecule has 0 spiro atoms. The van der Waals surface area contributed by atoms with Crippen molar-refractivity contribution in [1.29, 1.82) is 0 Å². The van der Waals surface area contributed by atoms with Gasteiger partial charge < -0.3 is 4.74 Å². The fourth-order valence-corrected chi connectivity index (χ4v) is 4.56. The van der Waals surface area contributed by atoms with E-state index in [9.17, 15) is 4.39 Å². The standard InChI is InChI=1S/C22H17Cl2FN2OS/c1-22(2,3)19-17(12-4-9-15(23)16(24)10-12)18-20(26-11-27-21(18)29-19)28-14-7-5-13(25)6-8-14/h4-11H,1-3H3. The Morgan fingerprint density at radius 3 is 2.34 bits per heavy atom. The summed E-state index contributed by atoms with van der Waals surface area (Å²) in [6.07, 6.45) is 1.47. The third-order valence-corrected chi connectivity index (χ3v) is 6.63. The Balaban J connectivity index is 1.97. The molecule has 0 amide bonds. The number of benzene rings is 2. The van der Waals surface area contributed by atoms with E-state index in [1.54, 1.807) is 29.5 Å². The van der Waals surface area contributed by atoms with Crippen molar-refractivity contribution in [3.63, 3.8) is 0 Å². The summed E-state index contributed by atoms with van der Waals surface area (Å²) in [7, 11) is 0. The van der Waals surface area contributed by atoms with Crippen molar-refractivity contribution >= 4 is 44.8 Å². The zero-order valence-corrected chi connectivity index (χ0v) is 18.3. The fourth-order valence-electron chi connectivity index (χ4n) is 3.05. The van der Waals surface area contributed by atoms with Gasteiger partial charge in [-0.2, -0.15) is 0 Å². The molecule has 0 aliphatic heterocycles. The quantitative estimate of drug-likeness (QED) is 0.320. The molecule has 4 aromatic rings. The second-order valence-electron chi connectivity index (χ2n) is 7.60. The maximum absolute atomic E-state index is 13.3. The molecule has 3 nitrogen and oxygen atoms in total. The van der Waals surface area contributed by atoms with Gasteiger partial charge in [0.15, 0.2) is 0 Å². The van der Waals surface area contributed by atoms with E-state index in [-0.39, 0.29) is 11.2 Å². The largest absolute Gasteiger partial charge is 0.438 e. The predicted molar refractivity (Wildman–Crippen MR) is 118 cm³/mol. The summed E-state index contributed by atoms with van der Waals surface area (Å²) in [6.45, 7) is 6.44. The maximum atomic E-state index is 13.3. The molecule has 0 atom stereocenters. The van der Waals surface area contributed by atoms with Crippen LogP contribution in [0.1, 0.15) is 25.6 Å². The van der Waals surface area contributed by atoms with Crippen molar-refractivity contribution in [2.45, 2.75) is 26.2 Å². The lowest BCUT2D eigenvalue weighted by Crippen LogP contribution is -2.10.